The van der Waals surface area contributed by atoms with Crippen LogP contribution in [0.15, 0.2) is 12.0 Å². The van der Waals surface area contributed by atoms with Crippen LogP contribution in [0.4, 0.5) is 4.79 Å². The first-order chi connectivity index (χ1) is 10.3. The monoisotopic (exact) mass is 315 g/mol. The van der Waals surface area contributed by atoms with E-state index in [2.05, 4.69) is 10.1 Å². The van der Waals surface area contributed by atoms with E-state index >= 15 is 0 Å². The number of hydrogen-bond acceptors (Lipinski definition) is 6. The highest BCUT2D eigenvalue weighted by molar-refractivity contribution is 5.83. The standard InChI is InChI=1S/C13H21N3O6/c1-4-16(5-2)12(18)11-10(15-7(3)17)8(14)6-9(21-11)22-13(19)20/h6,8,10-11H,4-5,14H2,1-3H3,(H,15,17)(H,19,20)/t8-,10+,11+/m0/s1. The summed E-state index contributed by atoms with van der Waals surface area (Å²) in [5, 5.41) is 11.2. The van der Waals surface area contributed by atoms with E-state index in [4.69, 9.17) is 15.6 Å². The average molecular weight is 315 g/mol. The first kappa shape index (κ1) is 17.8. The van der Waals surface area contributed by atoms with Crippen LogP contribution in [-0.4, -0.2) is 59.3 Å². The van der Waals surface area contributed by atoms with Crippen LogP contribution in [-0.2, 0) is 19.1 Å². The molecule has 0 aromatic rings. The van der Waals surface area contributed by atoms with Gasteiger partial charge in [-0.15, -0.1) is 0 Å². The third-order valence-corrected chi connectivity index (χ3v) is 3.19. The Hall–Kier alpha value is -2.29. The lowest BCUT2D eigenvalue weighted by molar-refractivity contribution is -0.148. The van der Waals surface area contributed by atoms with E-state index in [-0.39, 0.29) is 11.9 Å². The lowest BCUT2D eigenvalue weighted by Gasteiger charge is -2.36. The zero-order chi connectivity index (χ0) is 16.9. The molecular weight excluding hydrogens is 294 g/mol. The molecule has 9 nitrogen and oxygen atoms in total. The molecule has 22 heavy (non-hydrogen) atoms. The van der Waals surface area contributed by atoms with E-state index in [0.717, 1.165) is 0 Å². The van der Waals surface area contributed by atoms with Gasteiger partial charge in [0.25, 0.3) is 11.9 Å². The number of ether oxygens (including phenoxy) is 2. The summed E-state index contributed by atoms with van der Waals surface area (Å²) >= 11 is 0. The van der Waals surface area contributed by atoms with Crippen molar-refractivity contribution < 1.29 is 29.0 Å². The highest BCUT2D eigenvalue weighted by Gasteiger charge is 2.41. The van der Waals surface area contributed by atoms with Gasteiger partial charge in [0.15, 0.2) is 0 Å². The van der Waals surface area contributed by atoms with Crippen LogP contribution < -0.4 is 11.1 Å². The third-order valence-electron chi connectivity index (χ3n) is 3.19. The number of nitrogens with zero attached hydrogens (tertiary/aromatic N) is 1. The predicted octanol–water partition coefficient (Wildman–Crippen LogP) is -0.378. The molecule has 0 spiro atoms. The fourth-order valence-electron chi connectivity index (χ4n) is 2.17. The number of nitrogens with one attached hydrogen (secondary N) is 1. The van der Waals surface area contributed by atoms with Crippen LogP contribution in [0.1, 0.15) is 20.8 Å². The van der Waals surface area contributed by atoms with Gasteiger partial charge in [-0.1, -0.05) is 0 Å². The molecule has 4 N–H and O–H groups in total. The van der Waals surface area contributed by atoms with Crippen LogP contribution in [0.25, 0.3) is 0 Å². The van der Waals surface area contributed by atoms with E-state index in [9.17, 15) is 14.4 Å². The fraction of sp³-hybridized carbons (Fsp3) is 0.615. The van der Waals surface area contributed by atoms with Gasteiger partial charge in [-0.3, -0.25) is 9.59 Å². The molecule has 1 rings (SSSR count). The summed E-state index contributed by atoms with van der Waals surface area (Å²) in [6.45, 7) is 5.76. The number of carbonyl (C=O) groups is 3. The van der Waals surface area contributed by atoms with Gasteiger partial charge in [0.1, 0.15) is 0 Å². The van der Waals surface area contributed by atoms with Crippen LogP contribution in [0.3, 0.4) is 0 Å². The van der Waals surface area contributed by atoms with Crippen molar-refractivity contribution in [1.82, 2.24) is 10.2 Å². The molecular formula is C13H21N3O6. The van der Waals surface area contributed by atoms with Crippen molar-refractivity contribution in [3.63, 3.8) is 0 Å². The summed E-state index contributed by atoms with van der Waals surface area (Å²) in [6, 6.07) is -1.64. The van der Waals surface area contributed by atoms with Crippen LogP contribution in [0, 0.1) is 0 Å². The minimum Gasteiger partial charge on any atom is -0.449 e. The minimum absolute atomic E-state index is 0.368. The first-order valence-corrected chi connectivity index (χ1v) is 6.90. The molecule has 1 heterocycles. The van der Waals surface area contributed by atoms with Gasteiger partial charge in [0, 0.05) is 26.1 Å². The van der Waals surface area contributed by atoms with Crippen molar-refractivity contribution in [2.45, 2.75) is 39.0 Å². The second-order valence-electron chi connectivity index (χ2n) is 4.71. The highest BCUT2D eigenvalue weighted by Crippen LogP contribution is 2.20. The van der Waals surface area contributed by atoms with Crippen molar-refractivity contribution >= 4 is 18.0 Å². The molecule has 9 heteroatoms. The summed E-state index contributed by atoms with van der Waals surface area (Å²) in [7, 11) is 0. The number of carbonyl (C=O) groups excluding carboxylic acids is 2. The third kappa shape index (κ3) is 4.35. The lowest BCUT2D eigenvalue weighted by atomic mass is 9.99. The van der Waals surface area contributed by atoms with Gasteiger partial charge in [0.05, 0.1) is 12.1 Å². The molecule has 0 saturated carbocycles. The van der Waals surface area contributed by atoms with Crippen molar-refractivity contribution in [3.8, 4) is 0 Å². The highest BCUT2D eigenvalue weighted by atomic mass is 16.7. The molecule has 124 valence electrons. The Balaban J connectivity index is 3.05. The number of rotatable bonds is 5. The van der Waals surface area contributed by atoms with E-state index < -0.39 is 30.3 Å². The second-order valence-corrected chi connectivity index (χ2v) is 4.71. The average Bonchev–Trinajstić information content (AvgIpc) is 2.41. The lowest BCUT2D eigenvalue weighted by Crippen LogP contribution is -2.61. The molecule has 0 fully saturated rings. The Morgan fingerprint density at radius 3 is 2.45 bits per heavy atom. The minimum atomic E-state index is -1.58. The number of likely N-dealkylation sites (N-methyl/N-ethyl adjacent to an activating group) is 1. The second kappa shape index (κ2) is 7.64. The van der Waals surface area contributed by atoms with E-state index in [1.54, 1.807) is 13.8 Å². The Bertz CT molecular complexity index is 474. The molecule has 0 saturated heterocycles. The quantitative estimate of drug-likeness (QED) is 0.589. The molecule has 0 radical (unpaired) electrons. The normalized spacial score (nSPS) is 23.8. The Kier molecular flexibility index (Phi) is 6.17. The Morgan fingerprint density at radius 2 is 2.00 bits per heavy atom. The maximum absolute atomic E-state index is 12.5. The summed E-state index contributed by atoms with van der Waals surface area (Å²) in [5.74, 6) is -1.15. The predicted molar refractivity (Wildman–Crippen MR) is 75.6 cm³/mol. The molecule has 0 aromatic carbocycles. The number of hydrogen-bond donors (Lipinski definition) is 3. The summed E-state index contributed by atoms with van der Waals surface area (Å²) in [4.78, 5) is 35.9. The van der Waals surface area contributed by atoms with Gasteiger partial charge < -0.3 is 30.5 Å². The van der Waals surface area contributed by atoms with Gasteiger partial charge in [-0.2, -0.15) is 0 Å². The smallest absolute Gasteiger partial charge is 0.449 e. The van der Waals surface area contributed by atoms with Gasteiger partial charge >= 0.3 is 6.16 Å². The van der Waals surface area contributed by atoms with E-state index in [0.29, 0.717) is 13.1 Å². The zero-order valence-electron chi connectivity index (χ0n) is 12.7. The fourth-order valence-corrected chi connectivity index (χ4v) is 2.17. The summed E-state index contributed by atoms with van der Waals surface area (Å²) in [6.07, 6.45) is -1.52. The van der Waals surface area contributed by atoms with Gasteiger partial charge in [-0.25, -0.2) is 4.79 Å². The SMILES string of the molecule is CCN(CC)C(=O)[C@@H]1OC(OC(=O)O)=C[C@H](N)[C@H]1NC(C)=O. The van der Waals surface area contributed by atoms with E-state index in [1.807, 2.05) is 0 Å². The molecule has 1 aliphatic rings. The summed E-state index contributed by atoms with van der Waals surface area (Å²) < 4.78 is 9.73. The maximum Gasteiger partial charge on any atom is 0.513 e. The van der Waals surface area contributed by atoms with Gasteiger partial charge in [0.2, 0.25) is 12.0 Å². The Labute approximate surface area is 128 Å². The Morgan fingerprint density at radius 1 is 1.41 bits per heavy atom. The molecule has 0 aromatic heterocycles. The van der Waals surface area contributed by atoms with Crippen LogP contribution >= 0.6 is 0 Å². The molecule has 1 aliphatic heterocycles. The van der Waals surface area contributed by atoms with Crippen LogP contribution in [0.2, 0.25) is 0 Å². The topological polar surface area (TPSA) is 131 Å². The van der Waals surface area contributed by atoms with Crippen molar-refractivity contribution in [2.75, 3.05) is 13.1 Å². The largest absolute Gasteiger partial charge is 0.513 e. The molecule has 2 amide bonds. The molecule has 3 atom stereocenters. The number of carboxylic acid groups (broad SMARTS) is 1. The molecule has 0 aliphatic carbocycles. The zero-order valence-corrected chi connectivity index (χ0v) is 12.7. The first-order valence-electron chi connectivity index (χ1n) is 6.90. The van der Waals surface area contributed by atoms with Crippen molar-refractivity contribution in [1.29, 1.82) is 0 Å². The van der Waals surface area contributed by atoms with Gasteiger partial charge in [-0.05, 0) is 13.8 Å². The number of amides is 2. The number of nitrogens with two attached hydrogens (primary N) is 1. The summed E-state index contributed by atoms with van der Waals surface area (Å²) in [5.41, 5.74) is 5.89. The van der Waals surface area contributed by atoms with Crippen molar-refractivity contribution in [2.24, 2.45) is 5.73 Å². The van der Waals surface area contributed by atoms with E-state index in [1.165, 1.54) is 17.9 Å². The molecule has 0 unspecified atom stereocenters. The van der Waals surface area contributed by atoms with Crippen molar-refractivity contribution in [3.05, 3.63) is 12.0 Å². The maximum atomic E-state index is 12.5. The molecule has 0 bridgehead atoms. The van der Waals surface area contributed by atoms with Crippen LogP contribution in [0.5, 0.6) is 0 Å².